The number of rotatable bonds is 5. The highest BCUT2D eigenvalue weighted by atomic mass is 16.5. The van der Waals surface area contributed by atoms with Crippen molar-refractivity contribution < 1.29 is 4.74 Å². The molecule has 18 heavy (non-hydrogen) atoms. The molecule has 3 nitrogen and oxygen atoms in total. The lowest BCUT2D eigenvalue weighted by molar-refractivity contribution is 0.406. The summed E-state index contributed by atoms with van der Waals surface area (Å²) < 4.78 is 5.33. The Morgan fingerprint density at radius 1 is 1.22 bits per heavy atom. The van der Waals surface area contributed by atoms with Gasteiger partial charge in [-0.1, -0.05) is 24.3 Å². The number of hydrogen-bond acceptors (Lipinski definition) is 3. The van der Waals surface area contributed by atoms with E-state index in [0.29, 0.717) is 0 Å². The van der Waals surface area contributed by atoms with Crippen LogP contribution in [0.15, 0.2) is 48.8 Å². The van der Waals surface area contributed by atoms with Crippen LogP contribution in [0.4, 0.5) is 0 Å². The highest BCUT2D eigenvalue weighted by Gasteiger charge is 2.06. The molecular formula is C15H18N2O. The summed E-state index contributed by atoms with van der Waals surface area (Å²) in [4.78, 5) is 4.13. The van der Waals surface area contributed by atoms with Crippen molar-refractivity contribution in [3.63, 3.8) is 0 Å². The SMILES string of the molecule is COc1ccccc1CN[C@@H](C)c1cccnc1. The first kappa shape index (κ1) is 12.6. The second-order valence-corrected chi connectivity index (χ2v) is 4.20. The zero-order valence-corrected chi connectivity index (χ0v) is 10.8. The lowest BCUT2D eigenvalue weighted by Crippen LogP contribution is -2.18. The van der Waals surface area contributed by atoms with E-state index in [2.05, 4.69) is 29.4 Å². The largest absolute Gasteiger partial charge is 0.496 e. The number of ether oxygens (including phenoxy) is 1. The molecule has 1 aromatic heterocycles. The van der Waals surface area contributed by atoms with Gasteiger partial charge in [0.1, 0.15) is 5.75 Å². The maximum Gasteiger partial charge on any atom is 0.123 e. The van der Waals surface area contributed by atoms with Crippen LogP contribution in [0.1, 0.15) is 24.1 Å². The molecule has 2 rings (SSSR count). The van der Waals surface area contributed by atoms with Gasteiger partial charge in [0.15, 0.2) is 0 Å². The third-order valence-electron chi connectivity index (χ3n) is 2.98. The molecule has 94 valence electrons. The minimum atomic E-state index is 0.267. The molecule has 2 aromatic rings. The number of hydrogen-bond donors (Lipinski definition) is 1. The molecule has 3 heteroatoms. The van der Waals surface area contributed by atoms with Crippen molar-refractivity contribution in [3.8, 4) is 5.75 Å². The third kappa shape index (κ3) is 3.08. The number of benzene rings is 1. The molecule has 1 heterocycles. The van der Waals surface area contributed by atoms with Gasteiger partial charge in [-0.25, -0.2) is 0 Å². The van der Waals surface area contributed by atoms with Gasteiger partial charge in [0.2, 0.25) is 0 Å². The van der Waals surface area contributed by atoms with Crippen molar-refractivity contribution in [1.82, 2.24) is 10.3 Å². The fraction of sp³-hybridized carbons (Fsp3) is 0.267. The highest BCUT2D eigenvalue weighted by Crippen LogP contribution is 2.18. The molecule has 0 saturated heterocycles. The Labute approximate surface area is 108 Å². The molecule has 1 aromatic carbocycles. The molecule has 1 atom stereocenters. The Morgan fingerprint density at radius 3 is 2.78 bits per heavy atom. The summed E-state index contributed by atoms with van der Waals surface area (Å²) in [6, 6.07) is 12.3. The van der Waals surface area contributed by atoms with Gasteiger partial charge in [-0.05, 0) is 24.6 Å². The molecular weight excluding hydrogens is 224 g/mol. The van der Waals surface area contributed by atoms with Gasteiger partial charge in [0.25, 0.3) is 0 Å². The minimum Gasteiger partial charge on any atom is -0.496 e. The van der Waals surface area contributed by atoms with Crippen LogP contribution in [-0.2, 0) is 6.54 Å². The predicted molar refractivity (Wildman–Crippen MR) is 72.5 cm³/mol. The number of aromatic nitrogens is 1. The molecule has 0 aliphatic rings. The zero-order chi connectivity index (χ0) is 12.8. The standard InChI is InChI=1S/C15H18N2O/c1-12(13-7-5-9-16-10-13)17-11-14-6-3-4-8-15(14)18-2/h3-10,12,17H,11H2,1-2H3/t12-/m0/s1. The van der Waals surface area contributed by atoms with E-state index in [4.69, 9.17) is 4.74 Å². The molecule has 0 aliphatic carbocycles. The first-order valence-corrected chi connectivity index (χ1v) is 6.06. The van der Waals surface area contributed by atoms with Gasteiger partial charge < -0.3 is 10.1 Å². The van der Waals surface area contributed by atoms with E-state index < -0.39 is 0 Å². The fourth-order valence-electron chi connectivity index (χ4n) is 1.86. The number of para-hydroxylation sites is 1. The molecule has 0 spiro atoms. The lowest BCUT2D eigenvalue weighted by Gasteiger charge is -2.15. The molecule has 0 saturated carbocycles. The first-order chi connectivity index (χ1) is 8.81. The second-order valence-electron chi connectivity index (χ2n) is 4.20. The normalized spacial score (nSPS) is 12.1. The van der Waals surface area contributed by atoms with Crippen molar-refractivity contribution in [1.29, 1.82) is 0 Å². The highest BCUT2D eigenvalue weighted by molar-refractivity contribution is 5.33. The molecule has 0 aliphatic heterocycles. The number of pyridine rings is 1. The van der Waals surface area contributed by atoms with E-state index in [-0.39, 0.29) is 6.04 Å². The summed E-state index contributed by atoms with van der Waals surface area (Å²) in [6.07, 6.45) is 3.68. The fourth-order valence-corrected chi connectivity index (χ4v) is 1.86. The van der Waals surface area contributed by atoms with Crippen LogP contribution in [0.25, 0.3) is 0 Å². The zero-order valence-electron chi connectivity index (χ0n) is 10.8. The Balaban J connectivity index is 1.99. The van der Waals surface area contributed by atoms with Crippen LogP contribution >= 0.6 is 0 Å². The lowest BCUT2D eigenvalue weighted by atomic mass is 10.1. The van der Waals surface area contributed by atoms with Gasteiger partial charge in [0.05, 0.1) is 7.11 Å². The summed E-state index contributed by atoms with van der Waals surface area (Å²) in [5, 5.41) is 3.47. The van der Waals surface area contributed by atoms with Crippen LogP contribution in [0.3, 0.4) is 0 Å². The number of nitrogens with zero attached hydrogens (tertiary/aromatic N) is 1. The van der Waals surface area contributed by atoms with E-state index in [1.165, 1.54) is 5.56 Å². The average molecular weight is 242 g/mol. The number of methoxy groups -OCH3 is 1. The molecule has 0 fully saturated rings. The van der Waals surface area contributed by atoms with E-state index >= 15 is 0 Å². The van der Waals surface area contributed by atoms with E-state index in [1.54, 1.807) is 13.3 Å². The molecule has 0 radical (unpaired) electrons. The van der Waals surface area contributed by atoms with E-state index in [9.17, 15) is 0 Å². The number of nitrogens with one attached hydrogen (secondary N) is 1. The van der Waals surface area contributed by atoms with Crippen LogP contribution in [0, 0.1) is 0 Å². The minimum absolute atomic E-state index is 0.267. The predicted octanol–water partition coefficient (Wildman–Crippen LogP) is 2.94. The smallest absolute Gasteiger partial charge is 0.123 e. The van der Waals surface area contributed by atoms with Crippen LogP contribution < -0.4 is 10.1 Å². The van der Waals surface area contributed by atoms with Crippen LogP contribution in [0.5, 0.6) is 5.75 Å². The van der Waals surface area contributed by atoms with Gasteiger partial charge in [-0.3, -0.25) is 4.98 Å². The van der Waals surface area contributed by atoms with Crippen molar-refractivity contribution in [3.05, 3.63) is 59.9 Å². The maximum absolute atomic E-state index is 5.33. The molecule has 0 bridgehead atoms. The Hall–Kier alpha value is -1.87. The van der Waals surface area contributed by atoms with Gasteiger partial charge in [-0.15, -0.1) is 0 Å². The molecule has 0 unspecified atom stereocenters. The van der Waals surface area contributed by atoms with Crippen molar-refractivity contribution in [2.45, 2.75) is 19.5 Å². The van der Waals surface area contributed by atoms with Crippen LogP contribution in [-0.4, -0.2) is 12.1 Å². The van der Waals surface area contributed by atoms with E-state index in [1.807, 2.05) is 30.5 Å². The quantitative estimate of drug-likeness (QED) is 0.875. The average Bonchev–Trinajstić information content (AvgIpc) is 2.46. The van der Waals surface area contributed by atoms with Gasteiger partial charge in [-0.2, -0.15) is 0 Å². The molecule has 0 amide bonds. The van der Waals surface area contributed by atoms with Crippen molar-refractivity contribution >= 4 is 0 Å². The Bertz CT molecular complexity index is 485. The van der Waals surface area contributed by atoms with Crippen molar-refractivity contribution in [2.24, 2.45) is 0 Å². The summed E-state index contributed by atoms with van der Waals surface area (Å²) in [5.74, 6) is 0.920. The first-order valence-electron chi connectivity index (χ1n) is 6.06. The van der Waals surface area contributed by atoms with Crippen LogP contribution in [0.2, 0.25) is 0 Å². The summed E-state index contributed by atoms with van der Waals surface area (Å²) >= 11 is 0. The Morgan fingerprint density at radius 2 is 2.06 bits per heavy atom. The van der Waals surface area contributed by atoms with Gasteiger partial charge >= 0.3 is 0 Å². The maximum atomic E-state index is 5.33. The van der Waals surface area contributed by atoms with E-state index in [0.717, 1.165) is 17.9 Å². The summed E-state index contributed by atoms with van der Waals surface area (Å²) in [7, 11) is 1.70. The molecule has 1 N–H and O–H groups in total. The monoisotopic (exact) mass is 242 g/mol. The summed E-state index contributed by atoms with van der Waals surface area (Å²) in [5.41, 5.74) is 2.35. The Kier molecular flexibility index (Phi) is 4.31. The second kappa shape index (κ2) is 6.17. The summed E-state index contributed by atoms with van der Waals surface area (Å²) in [6.45, 7) is 2.91. The third-order valence-corrected chi connectivity index (χ3v) is 2.98. The van der Waals surface area contributed by atoms with Crippen molar-refractivity contribution in [2.75, 3.05) is 7.11 Å². The van der Waals surface area contributed by atoms with Gasteiger partial charge in [0, 0.05) is 30.5 Å². The topological polar surface area (TPSA) is 34.1 Å².